The number of hydrogen-bond acceptors (Lipinski definition) is 3. The molecule has 2 nitrogen and oxygen atoms in total. The summed E-state index contributed by atoms with van der Waals surface area (Å²) in [6, 6.07) is 6.68. The molecule has 1 atom stereocenters. The van der Waals surface area contributed by atoms with Crippen molar-refractivity contribution in [3.63, 3.8) is 0 Å². The summed E-state index contributed by atoms with van der Waals surface area (Å²) in [5, 5.41) is 3.50. The van der Waals surface area contributed by atoms with Crippen molar-refractivity contribution in [1.82, 2.24) is 5.32 Å². The maximum Gasteiger partial charge on any atom is 0.0331 e. The smallest absolute Gasteiger partial charge is 0.0331 e. The highest BCUT2D eigenvalue weighted by molar-refractivity contribution is 9.10. The van der Waals surface area contributed by atoms with E-state index >= 15 is 0 Å². The van der Waals surface area contributed by atoms with Crippen LogP contribution in [0.2, 0.25) is 0 Å². The maximum atomic E-state index is 5.69. The van der Waals surface area contributed by atoms with Crippen LogP contribution in [0.1, 0.15) is 12.8 Å². The Hall–Kier alpha value is -0.190. The van der Waals surface area contributed by atoms with Crippen molar-refractivity contribution in [3.05, 3.63) is 22.7 Å². The van der Waals surface area contributed by atoms with Gasteiger partial charge in [0.1, 0.15) is 0 Å². The van der Waals surface area contributed by atoms with Crippen molar-refractivity contribution < 1.29 is 0 Å². The van der Waals surface area contributed by atoms with Gasteiger partial charge in [0.2, 0.25) is 0 Å². The van der Waals surface area contributed by atoms with Crippen LogP contribution in [0.3, 0.4) is 0 Å². The van der Waals surface area contributed by atoms with Gasteiger partial charge in [-0.15, -0.1) is 11.8 Å². The zero-order chi connectivity index (χ0) is 10.7. The van der Waals surface area contributed by atoms with E-state index in [1.165, 1.54) is 24.3 Å². The Labute approximate surface area is 103 Å². The summed E-state index contributed by atoms with van der Waals surface area (Å²) in [7, 11) is 0. The van der Waals surface area contributed by atoms with Crippen molar-refractivity contribution in [1.29, 1.82) is 0 Å². The second kappa shape index (κ2) is 5.23. The molecule has 0 aromatic heterocycles. The Morgan fingerprint density at radius 2 is 2.40 bits per heavy atom. The Balaban J connectivity index is 1.92. The minimum Gasteiger partial charge on any atom is -0.399 e. The van der Waals surface area contributed by atoms with Gasteiger partial charge in [0, 0.05) is 26.9 Å². The number of nitrogens with one attached hydrogen (secondary N) is 1. The molecule has 1 heterocycles. The number of benzene rings is 1. The number of halogens is 1. The molecule has 2 rings (SSSR count). The highest BCUT2D eigenvalue weighted by Gasteiger charge is 2.14. The lowest BCUT2D eigenvalue weighted by Crippen LogP contribution is -2.23. The number of nitrogen functional groups attached to an aromatic ring is 1. The molecule has 1 saturated heterocycles. The van der Waals surface area contributed by atoms with Gasteiger partial charge in [-0.2, -0.15) is 0 Å². The van der Waals surface area contributed by atoms with Crippen LogP contribution >= 0.6 is 27.7 Å². The lowest BCUT2D eigenvalue weighted by Gasteiger charge is -2.10. The van der Waals surface area contributed by atoms with Crippen molar-refractivity contribution in [2.24, 2.45) is 0 Å². The largest absolute Gasteiger partial charge is 0.399 e. The standard InChI is InChI=1S/C11H15BrN2S/c12-10-6-8(13)3-4-11(10)15-7-9-2-1-5-14-9/h3-4,6,9,14H,1-2,5,7,13H2. The van der Waals surface area contributed by atoms with E-state index in [1.54, 1.807) is 0 Å². The first-order chi connectivity index (χ1) is 7.25. The van der Waals surface area contributed by atoms with Gasteiger partial charge in [-0.1, -0.05) is 0 Å². The molecule has 0 spiro atoms. The molecule has 1 aliphatic rings. The number of thioether (sulfide) groups is 1. The van der Waals surface area contributed by atoms with Crippen LogP contribution < -0.4 is 11.1 Å². The van der Waals surface area contributed by atoms with Crippen LogP contribution in [0.5, 0.6) is 0 Å². The zero-order valence-corrected chi connectivity index (χ0v) is 10.9. The number of nitrogens with two attached hydrogens (primary N) is 1. The van der Waals surface area contributed by atoms with Gasteiger partial charge < -0.3 is 11.1 Å². The number of rotatable bonds is 3. The maximum absolute atomic E-state index is 5.69. The van der Waals surface area contributed by atoms with Gasteiger partial charge in [-0.25, -0.2) is 0 Å². The molecule has 1 aromatic carbocycles. The van der Waals surface area contributed by atoms with Crippen molar-refractivity contribution in [2.75, 3.05) is 18.0 Å². The summed E-state index contributed by atoms with van der Waals surface area (Å²) in [5.41, 5.74) is 6.50. The average molecular weight is 287 g/mol. The van der Waals surface area contributed by atoms with Crippen LogP contribution in [-0.2, 0) is 0 Å². The summed E-state index contributed by atoms with van der Waals surface area (Å²) in [6.45, 7) is 1.17. The van der Waals surface area contributed by atoms with E-state index < -0.39 is 0 Å². The molecule has 0 amide bonds. The van der Waals surface area contributed by atoms with Crippen LogP contribution in [-0.4, -0.2) is 18.3 Å². The van der Waals surface area contributed by atoms with Gasteiger partial charge in [0.25, 0.3) is 0 Å². The Bertz CT molecular complexity index is 337. The molecule has 0 aliphatic carbocycles. The molecule has 0 saturated carbocycles. The lowest BCUT2D eigenvalue weighted by molar-refractivity contribution is 0.674. The minimum atomic E-state index is 0.680. The predicted molar refractivity (Wildman–Crippen MR) is 70.3 cm³/mol. The first kappa shape index (κ1) is 11.3. The molecule has 1 aliphatic heterocycles. The fraction of sp³-hybridized carbons (Fsp3) is 0.455. The molecule has 0 radical (unpaired) electrons. The van der Waals surface area contributed by atoms with E-state index in [-0.39, 0.29) is 0 Å². The molecule has 1 unspecified atom stereocenters. The van der Waals surface area contributed by atoms with Gasteiger partial charge >= 0.3 is 0 Å². The molecule has 1 fully saturated rings. The molecule has 15 heavy (non-hydrogen) atoms. The van der Waals surface area contributed by atoms with Crippen LogP contribution in [0.15, 0.2) is 27.6 Å². The van der Waals surface area contributed by atoms with E-state index in [9.17, 15) is 0 Å². The SMILES string of the molecule is Nc1ccc(SCC2CCCN2)c(Br)c1. The molecule has 4 heteroatoms. The van der Waals surface area contributed by atoms with E-state index in [4.69, 9.17) is 5.73 Å². The third-order valence-electron chi connectivity index (χ3n) is 2.56. The molecule has 3 N–H and O–H groups in total. The quantitative estimate of drug-likeness (QED) is 0.663. The normalized spacial score (nSPS) is 20.7. The Kier molecular flexibility index (Phi) is 3.94. The Morgan fingerprint density at radius 1 is 1.53 bits per heavy atom. The average Bonchev–Trinajstić information content (AvgIpc) is 2.69. The predicted octanol–water partition coefficient (Wildman–Crippen LogP) is 2.88. The van der Waals surface area contributed by atoms with E-state index in [1.807, 2.05) is 23.9 Å². The van der Waals surface area contributed by atoms with Crippen LogP contribution in [0.4, 0.5) is 5.69 Å². The summed E-state index contributed by atoms with van der Waals surface area (Å²) in [5.74, 6) is 1.14. The van der Waals surface area contributed by atoms with Crippen molar-refractivity contribution in [2.45, 2.75) is 23.8 Å². The lowest BCUT2D eigenvalue weighted by atomic mass is 10.3. The van der Waals surface area contributed by atoms with E-state index in [2.05, 4.69) is 27.3 Å². The van der Waals surface area contributed by atoms with Gasteiger partial charge in [0.15, 0.2) is 0 Å². The molecule has 1 aromatic rings. The zero-order valence-electron chi connectivity index (χ0n) is 8.50. The van der Waals surface area contributed by atoms with E-state index in [0.29, 0.717) is 6.04 Å². The fourth-order valence-electron chi connectivity index (χ4n) is 1.72. The first-order valence-corrected chi connectivity index (χ1v) is 6.95. The molecule has 0 bridgehead atoms. The van der Waals surface area contributed by atoms with Crippen molar-refractivity contribution in [3.8, 4) is 0 Å². The first-order valence-electron chi connectivity index (χ1n) is 5.17. The number of anilines is 1. The summed E-state index contributed by atoms with van der Waals surface area (Å²) in [6.07, 6.45) is 2.62. The molecular formula is C11H15BrN2S. The minimum absolute atomic E-state index is 0.680. The summed E-state index contributed by atoms with van der Waals surface area (Å²) < 4.78 is 1.10. The molecule has 82 valence electrons. The third-order valence-corrected chi connectivity index (χ3v) is 4.71. The van der Waals surface area contributed by atoms with Crippen LogP contribution in [0, 0.1) is 0 Å². The van der Waals surface area contributed by atoms with E-state index in [0.717, 1.165) is 15.9 Å². The topological polar surface area (TPSA) is 38.0 Å². The second-order valence-corrected chi connectivity index (χ2v) is 5.71. The second-order valence-electron chi connectivity index (χ2n) is 3.79. The van der Waals surface area contributed by atoms with Crippen LogP contribution in [0.25, 0.3) is 0 Å². The van der Waals surface area contributed by atoms with Gasteiger partial charge in [-0.3, -0.25) is 0 Å². The summed E-state index contributed by atoms with van der Waals surface area (Å²) in [4.78, 5) is 1.28. The molecular weight excluding hydrogens is 272 g/mol. The highest BCUT2D eigenvalue weighted by atomic mass is 79.9. The fourth-order valence-corrected chi connectivity index (χ4v) is 3.49. The Morgan fingerprint density at radius 3 is 3.07 bits per heavy atom. The highest BCUT2D eigenvalue weighted by Crippen LogP contribution is 2.30. The third kappa shape index (κ3) is 3.13. The summed E-state index contributed by atoms with van der Waals surface area (Å²) >= 11 is 5.42. The monoisotopic (exact) mass is 286 g/mol. The van der Waals surface area contributed by atoms with Crippen molar-refractivity contribution >= 4 is 33.4 Å². The van der Waals surface area contributed by atoms with Gasteiger partial charge in [-0.05, 0) is 53.5 Å². The van der Waals surface area contributed by atoms with Gasteiger partial charge in [0.05, 0.1) is 0 Å². The number of hydrogen-bond donors (Lipinski definition) is 2.